The Kier molecular flexibility index (Phi) is 11.2. The smallest absolute Gasteiger partial charge is 0.252 e. The number of anilines is 6. The summed E-state index contributed by atoms with van der Waals surface area (Å²) in [4.78, 5) is 5.51. The van der Waals surface area contributed by atoms with Gasteiger partial charge in [-0.05, 0) is 210 Å². The Balaban J connectivity index is 0.868. The molecule has 0 amide bonds. The number of hydrogen-bond acceptors (Lipinski definition) is 2. The Hall–Kier alpha value is -13.8. The molecule has 2 aliphatic heterocycles. The predicted octanol–water partition coefficient (Wildman–Crippen LogP) is 23.6. The van der Waals surface area contributed by atoms with Crippen LogP contribution >= 0.6 is 0 Å². The second-order valence-corrected chi connectivity index (χ2v) is 31.0. The third-order valence-corrected chi connectivity index (χ3v) is 26.6. The van der Waals surface area contributed by atoms with Crippen molar-refractivity contribution < 1.29 is 0 Å². The van der Waals surface area contributed by atoms with Crippen molar-refractivity contribution in [3.05, 3.63) is 443 Å². The highest BCUT2D eigenvalue weighted by Crippen LogP contribution is 2.69. The first-order valence-corrected chi connectivity index (χ1v) is 38.4. The predicted molar refractivity (Wildman–Crippen MR) is 449 cm³/mol. The molecule has 0 bridgehead atoms. The molecule has 17 aromatic carbocycles. The summed E-state index contributed by atoms with van der Waals surface area (Å²) in [7, 11) is 0. The van der Waals surface area contributed by atoms with Crippen LogP contribution in [0.3, 0.4) is 0 Å². The van der Waals surface area contributed by atoms with Crippen LogP contribution in [0.2, 0.25) is 0 Å². The van der Waals surface area contributed by atoms with Crippen molar-refractivity contribution in [2.45, 2.75) is 16.2 Å². The van der Waals surface area contributed by atoms with E-state index < -0.39 is 16.2 Å². The fourth-order valence-electron chi connectivity index (χ4n) is 22.9. The Morgan fingerprint density at radius 3 is 1.12 bits per heavy atom. The first kappa shape index (κ1) is 58.5. The van der Waals surface area contributed by atoms with Crippen molar-refractivity contribution in [2.24, 2.45) is 0 Å². The first-order chi connectivity index (χ1) is 54.1. The molecule has 109 heavy (non-hydrogen) atoms. The number of benzene rings is 17. The summed E-state index contributed by atoms with van der Waals surface area (Å²) < 4.78 is 2.57. The van der Waals surface area contributed by atoms with Crippen LogP contribution in [0.4, 0.5) is 34.1 Å². The van der Waals surface area contributed by atoms with Crippen LogP contribution in [-0.4, -0.2) is 11.3 Å². The summed E-state index contributed by atoms with van der Waals surface area (Å²) >= 11 is 0. The van der Waals surface area contributed by atoms with Crippen LogP contribution in [-0.2, 0) is 16.2 Å². The summed E-state index contributed by atoms with van der Waals surface area (Å²) in [6.45, 7) is -0.323. The average molecular weight is 1380 g/mol. The maximum atomic E-state index is 2.82. The maximum Gasteiger partial charge on any atom is 0.252 e. The minimum Gasteiger partial charge on any atom is -0.311 e. The number of hydrogen-bond donors (Lipinski definition) is 0. The van der Waals surface area contributed by atoms with Gasteiger partial charge in [0.1, 0.15) is 0 Å². The molecular weight excluding hydrogens is 1310 g/mol. The molecule has 0 saturated carbocycles. The van der Waals surface area contributed by atoms with Gasteiger partial charge < -0.3 is 14.4 Å². The van der Waals surface area contributed by atoms with Gasteiger partial charge in [0.05, 0.1) is 38.7 Å². The van der Waals surface area contributed by atoms with Gasteiger partial charge in [-0.2, -0.15) is 0 Å². The van der Waals surface area contributed by atoms with Gasteiger partial charge in [-0.3, -0.25) is 0 Å². The van der Waals surface area contributed by atoms with Crippen molar-refractivity contribution >= 4 is 79.0 Å². The van der Waals surface area contributed by atoms with Gasteiger partial charge in [-0.25, -0.2) is 0 Å². The number of rotatable bonds is 4. The fourth-order valence-corrected chi connectivity index (χ4v) is 22.9. The van der Waals surface area contributed by atoms with E-state index in [-0.39, 0.29) is 6.71 Å². The monoisotopic (exact) mass is 1380 g/mol. The third kappa shape index (κ3) is 6.92. The summed E-state index contributed by atoms with van der Waals surface area (Å²) in [5.74, 6) is 0. The van der Waals surface area contributed by atoms with Crippen LogP contribution < -0.4 is 26.2 Å². The second-order valence-electron chi connectivity index (χ2n) is 31.0. The molecule has 3 nitrogen and oxygen atoms in total. The van der Waals surface area contributed by atoms with E-state index in [1.54, 1.807) is 0 Å². The Morgan fingerprint density at radius 1 is 0.211 bits per heavy atom. The minimum atomic E-state index is -0.708. The Morgan fingerprint density at radius 2 is 0.606 bits per heavy atom. The third-order valence-electron chi connectivity index (χ3n) is 26.6. The average Bonchev–Trinajstić information content (AvgIpc) is 1.59. The standard InChI is InChI=1S/C105H62BN3/c1-2-27-63(28-3-1)64-53-55-65(56-54-64)107-95-58-57-89-99(78-39-12-23-49-88(78)103(89)80-41-15-4-29-67(80)68-30-5-16-42-81(68)103)102(95)106-91-61-79-74-36-11-19-45-84(74)104(82-43-17-6-31-69(82)70-32-7-18-44-83(70)104)90(79)62-96(91)109(98-60-66(59-97(107)101(98)106)108-92-50-24-13-37-75(92)76-38-14-25-51-93(76)108)94-52-26-40-77-73-35-10-22-48-87(73)105(100(77)94)85-46-20-8-33-71(85)72-34-9-21-47-86(72)105/h1-62H. The van der Waals surface area contributed by atoms with Crippen molar-refractivity contribution in [3.63, 3.8) is 0 Å². The van der Waals surface area contributed by atoms with Crippen LogP contribution in [0.25, 0.3) is 105 Å². The topological polar surface area (TPSA) is 11.4 Å². The quantitative estimate of drug-likeness (QED) is 0.163. The van der Waals surface area contributed by atoms with E-state index in [9.17, 15) is 0 Å². The van der Waals surface area contributed by atoms with E-state index in [2.05, 4.69) is 390 Å². The summed E-state index contributed by atoms with van der Waals surface area (Å²) in [5, 5.41) is 2.44. The minimum absolute atomic E-state index is 0.323. The largest absolute Gasteiger partial charge is 0.311 e. The molecule has 0 N–H and O–H groups in total. The number of nitrogens with zero attached hydrogens (tertiary/aromatic N) is 3. The number of aromatic nitrogens is 1. The van der Waals surface area contributed by atoms with Crippen LogP contribution in [0.1, 0.15) is 66.8 Å². The molecule has 26 rings (SSSR count). The SMILES string of the molecule is c1ccc(-c2ccc(N3c4cc(-n5c6ccccc6c6ccccc65)cc5c4B(c4cc6c(cc4N5c4cccc5c4C4(c7ccccc7-c7ccccc74)c4ccccc4-5)C4(c5ccccc5-c5ccccc54)c4ccccc4-6)c4c3ccc3c4-c4ccccc4C34c3ccccc3-c3ccccc34)cc2)cc1. The summed E-state index contributed by atoms with van der Waals surface area (Å²) in [6.07, 6.45) is 0. The molecule has 6 aliphatic carbocycles. The summed E-state index contributed by atoms with van der Waals surface area (Å²) in [5.41, 5.74) is 45.7. The lowest BCUT2D eigenvalue weighted by Gasteiger charge is -2.46. The molecule has 4 heteroatoms. The van der Waals surface area contributed by atoms with Gasteiger partial charge in [0.25, 0.3) is 6.71 Å². The zero-order valence-electron chi connectivity index (χ0n) is 59.2. The molecular formula is C105H62BN3. The second kappa shape index (κ2) is 20.8. The lowest BCUT2D eigenvalue weighted by molar-refractivity contribution is 0.790. The Labute approximate surface area is 631 Å². The highest BCUT2D eigenvalue weighted by atomic mass is 15.2. The van der Waals surface area contributed by atoms with Gasteiger partial charge in [-0.15, -0.1) is 0 Å². The van der Waals surface area contributed by atoms with Crippen LogP contribution in [0.5, 0.6) is 0 Å². The van der Waals surface area contributed by atoms with Gasteiger partial charge in [0.15, 0.2) is 0 Å². The molecule has 0 saturated heterocycles. The van der Waals surface area contributed by atoms with E-state index in [4.69, 9.17) is 0 Å². The van der Waals surface area contributed by atoms with Gasteiger partial charge >= 0.3 is 0 Å². The zero-order valence-corrected chi connectivity index (χ0v) is 59.2. The van der Waals surface area contributed by atoms with E-state index in [0.29, 0.717) is 0 Å². The molecule has 0 radical (unpaired) electrons. The molecule has 1 aromatic heterocycles. The normalized spacial score (nSPS) is 15.0. The van der Waals surface area contributed by atoms with E-state index in [1.807, 2.05) is 0 Å². The van der Waals surface area contributed by atoms with Crippen molar-refractivity contribution in [3.8, 4) is 83.6 Å². The zero-order chi connectivity index (χ0) is 70.7. The van der Waals surface area contributed by atoms with E-state index in [1.165, 1.54) is 183 Å². The molecule has 0 unspecified atom stereocenters. The molecule has 0 fully saturated rings. The lowest BCUT2D eigenvalue weighted by Crippen LogP contribution is -2.62. The number of para-hydroxylation sites is 2. The van der Waals surface area contributed by atoms with Crippen molar-refractivity contribution in [2.75, 3.05) is 9.80 Å². The highest BCUT2D eigenvalue weighted by molar-refractivity contribution is 7.01. The van der Waals surface area contributed by atoms with Gasteiger partial charge in [-0.1, -0.05) is 322 Å². The van der Waals surface area contributed by atoms with E-state index in [0.717, 1.165) is 39.5 Å². The maximum absolute atomic E-state index is 2.82. The van der Waals surface area contributed by atoms with Crippen LogP contribution in [0, 0.1) is 0 Å². The molecule has 0 atom stereocenters. The molecule has 3 heterocycles. The Bertz CT molecular complexity index is 6950. The molecule has 18 aromatic rings. The van der Waals surface area contributed by atoms with Gasteiger partial charge in [0, 0.05) is 44.8 Å². The number of fused-ring (bicyclic) bond motifs is 38. The molecule has 500 valence electrons. The fraction of sp³-hybridized carbons (Fsp3) is 0.0286. The van der Waals surface area contributed by atoms with Crippen molar-refractivity contribution in [1.29, 1.82) is 0 Å². The van der Waals surface area contributed by atoms with Crippen LogP contribution in [0.15, 0.2) is 376 Å². The summed E-state index contributed by atoms with van der Waals surface area (Å²) in [6, 6.07) is 146. The van der Waals surface area contributed by atoms with Gasteiger partial charge in [0.2, 0.25) is 0 Å². The highest BCUT2D eigenvalue weighted by Gasteiger charge is 2.59. The molecule has 8 aliphatic rings. The lowest BCUT2D eigenvalue weighted by atomic mass is 9.32. The van der Waals surface area contributed by atoms with Crippen molar-refractivity contribution in [1.82, 2.24) is 4.57 Å². The molecule has 3 spiro atoms. The first-order valence-electron chi connectivity index (χ1n) is 38.4. The van der Waals surface area contributed by atoms with E-state index >= 15 is 0 Å².